The topological polar surface area (TPSA) is 55.8 Å². The number of carbonyl (C=O) groups excluding carboxylic acids is 1. The lowest BCUT2D eigenvalue weighted by atomic mass is 10.4. The highest BCUT2D eigenvalue weighted by atomic mass is 32.7. The van der Waals surface area contributed by atoms with Crippen molar-refractivity contribution in [1.82, 2.24) is 4.67 Å². The van der Waals surface area contributed by atoms with E-state index < -0.39 is 6.72 Å². The SMILES string of the molecule is CCOP(=O)(SC(C)CC)N1COCC1=O. The first-order chi connectivity index (χ1) is 7.53. The van der Waals surface area contributed by atoms with Gasteiger partial charge >= 0.3 is 6.72 Å². The third kappa shape index (κ3) is 3.23. The molecular formula is C9H18NO4PS. The van der Waals surface area contributed by atoms with Crippen LogP contribution in [0.15, 0.2) is 0 Å². The molecule has 7 heteroatoms. The van der Waals surface area contributed by atoms with Crippen LogP contribution in [0.1, 0.15) is 27.2 Å². The zero-order valence-electron chi connectivity index (χ0n) is 9.84. The first-order valence-corrected chi connectivity index (χ1v) is 8.41. The summed E-state index contributed by atoms with van der Waals surface area (Å²) in [7, 11) is 0. The summed E-state index contributed by atoms with van der Waals surface area (Å²) in [5, 5.41) is 0.186. The second-order valence-electron chi connectivity index (χ2n) is 3.48. The highest BCUT2D eigenvalue weighted by Gasteiger charge is 2.40. The molecule has 0 spiro atoms. The lowest BCUT2D eigenvalue weighted by Gasteiger charge is -2.26. The van der Waals surface area contributed by atoms with Crippen molar-refractivity contribution in [2.45, 2.75) is 32.4 Å². The van der Waals surface area contributed by atoms with Crippen LogP contribution in [0, 0.1) is 0 Å². The van der Waals surface area contributed by atoms with E-state index in [2.05, 4.69) is 0 Å². The minimum absolute atomic E-state index is 0.00185. The van der Waals surface area contributed by atoms with Crippen LogP contribution in [0.2, 0.25) is 0 Å². The summed E-state index contributed by atoms with van der Waals surface area (Å²) in [5.41, 5.74) is 0. The number of rotatable bonds is 6. The Balaban J connectivity index is 2.78. The fourth-order valence-electron chi connectivity index (χ4n) is 1.20. The van der Waals surface area contributed by atoms with E-state index >= 15 is 0 Å². The molecule has 2 unspecified atom stereocenters. The molecular weight excluding hydrogens is 249 g/mol. The number of amides is 1. The molecule has 0 aromatic rings. The molecule has 2 atom stereocenters. The minimum atomic E-state index is -3.12. The lowest BCUT2D eigenvalue weighted by molar-refractivity contribution is -0.123. The van der Waals surface area contributed by atoms with Gasteiger partial charge in [-0.2, -0.15) is 0 Å². The zero-order valence-corrected chi connectivity index (χ0v) is 11.6. The number of ether oxygens (including phenoxy) is 1. The van der Waals surface area contributed by atoms with E-state index in [9.17, 15) is 9.36 Å². The van der Waals surface area contributed by atoms with Crippen LogP contribution in [-0.2, 0) is 18.6 Å². The van der Waals surface area contributed by atoms with E-state index in [1.54, 1.807) is 6.92 Å². The molecule has 1 aliphatic rings. The number of hydrogen-bond donors (Lipinski definition) is 0. The molecule has 1 saturated heterocycles. The van der Waals surface area contributed by atoms with Gasteiger partial charge in [-0.1, -0.05) is 13.8 Å². The number of nitrogens with zero attached hydrogens (tertiary/aromatic N) is 1. The van der Waals surface area contributed by atoms with Gasteiger partial charge in [-0.15, -0.1) is 0 Å². The molecule has 1 rings (SSSR count). The lowest BCUT2D eigenvalue weighted by Crippen LogP contribution is -2.23. The summed E-state index contributed by atoms with van der Waals surface area (Å²) < 4.78 is 24.1. The van der Waals surface area contributed by atoms with E-state index in [1.807, 2.05) is 13.8 Å². The van der Waals surface area contributed by atoms with E-state index in [-0.39, 0.29) is 24.5 Å². The largest absolute Gasteiger partial charge is 0.357 e. The van der Waals surface area contributed by atoms with Crippen LogP contribution in [0.3, 0.4) is 0 Å². The standard InChI is InChI=1S/C9H18NO4PS/c1-4-8(3)16-15(12,14-5-2)10-7-13-6-9(10)11/h8H,4-7H2,1-3H3. The van der Waals surface area contributed by atoms with Gasteiger partial charge in [0.15, 0.2) is 0 Å². The second kappa shape index (κ2) is 6.05. The molecule has 0 N–H and O–H groups in total. The maximum Gasteiger partial charge on any atom is 0.357 e. The van der Waals surface area contributed by atoms with Gasteiger partial charge in [-0.05, 0) is 24.7 Å². The first kappa shape index (κ1) is 14.0. The van der Waals surface area contributed by atoms with Gasteiger partial charge in [0.2, 0.25) is 0 Å². The molecule has 0 saturated carbocycles. The van der Waals surface area contributed by atoms with Gasteiger partial charge in [0, 0.05) is 5.25 Å². The molecule has 94 valence electrons. The molecule has 0 aromatic carbocycles. The van der Waals surface area contributed by atoms with Crippen molar-refractivity contribution in [3.05, 3.63) is 0 Å². The summed E-state index contributed by atoms with van der Waals surface area (Å²) in [6, 6.07) is 0. The van der Waals surface area contributed by atoms with E-state index in [0.29, 0.717) is 6.61 Å². The van der Waals surface area contributed by atoms with Crippen molar-refractivity contribution in [2.75, 3.05) is 19.9 Å². The molecule has 0 radical (unpaired) electrons. The van der Waals surface area contributed by atoms with Gasteiger partial charge < -0.3 is 9.26 Å². The van der Waals surface area contributed by atoms with Gasteiger partial charge in [-0.3, -0.25) is 9.36 Å². The van der Waals surface area contributed by atoms with Crippen molar-refractivity contribution >= 4 is 24.0 Å². The van der Waals surface area contributed by atoms with Crippen LogP contribution in [0.4, 0.5) is 0 Å². The Kier molecular flexibility index (Phi) is 5.31. The van der Waals surface area contributed by atoms with Crippen molar-refractivity contribution in [1.29, 1.82) is 0 Å². The van der Waals surface area contributed by atoms with Crippen molar-refractivity contribution in [2.24, 2.45) is 0 Å². The maximum absolute atomic E-state index is 12.6. The number of hydrogen-bond acceptors (Lipinski definition) is 5. The van der Waals surface area contributed by atoms with Gasteiger partial charge in [0.1, 0.15) is 13.3 Å². The van der Waals surface area contributed by atoms with Crippen LogP contribution in [0.25, 0.3) is 0 Å². The molecule has 1 heterocycles. The average Bonchev–Trinajstić information content (AvgIpc) is 2.65. The Morgan fingerprint density at radius 1 is 1.62 bits per heavy atom. The summed E-state index contributed by atoms with van der Waals surface area (Å²) in [4.78, 5) is 11.5. The normalized spacial score (nSPS) is 22.2. The second-order valence-corrected chi connectivity index (χ2v) is 8.19. The molecule has 1 fully saturated rings. The summed E-state index contributed by atoms with van der Waals surface area (Å²) >= 11 is 1.23. The summed E-state index contributed by atoms with van der Waals surface area (Å²) in [6.45, 7) is 3.02. The Hall–Kier alpha value is -0.0300. The van der Waals surface area contributed by atoms with Gasteiger partial charge in [0.25, 0.3) is 5.91 Å². The molecule has 0 aliphatic carbocycles. The summed E-state index contributed by atoms with van der Waals surface area (Å²) in [6.07, 6.45) is 0.880. The predicted molar refractivity (Wildman–Crippen MR) is 64.2 cm³/mol. The molecule has 1 aliphatic heterocycles. The van der Waals surface area contributed by atoms with Crippen LogP contribution in [0.5, 0.6) is 0 Å². The Bertz CT molecular complexity index is 299. The van der Waals surface area contributed by atoms with Crippen LogP contribution >= 0.6 is 18.1 Å². The smallest absolute Gasteiger partial charge is 0.351 e. The Labute approximate surface area is 100 Å². The average molecular weight is 267 g/mol. The Morgan fingerprint density at radius 2 is 2.31 bits per heavy atom. The van der Waals surface area contributed by atoms with E-state index in [1.165, 1.54) is 16.1 Å². The molecule has 0 bridgehead atoms. The third-order valence-electron chi connectivity index (χ3n) is 2.20. The highest BCUT2D eigenvalue weighted by Crippen LogP contribution is 2.64. The molecule has 0 aromatic heterocycles. The van der Waals surface area contributed by atoms with Gasteiger partial charge in [-0.25, -0.2) is 4.67 Å². The quantitative estimate of drug-likeness (QED) is 0.692. The predicted octanol–water partition coefficient (Wildman–Crippen LogP) is 2.48. The zero-order chi connectivity index (χ0) is 12.2. The van der Waals surface area contributed by atoms with Crippen molar-refractivity contribution in [3.63, 3.8) is 0 Å². The van der Waals surface area contributed by atoms with Crippen molar-refractivity contribution < 1.29 is 18.6 Å². The van der Waals surface area contributed by atoms with E-state index in [0.717, 1.165) is 6.42 Å². The van der Waals surface area contributed by atoms with Gasteiger partial charge in [0.05, 0.1) is 6.61 Å². The fraction of sp³-hybridized carbons (Fsp3) is 0.889. The molecule has 16 heavy (non-hydrogen) atoms. The fourth-order valence-corrected chi connectivity index (χ4v) is 6.06. The maximum atomic E-state index is 12.6. The molecule has 1 amide bonds. The Morgan fingerprint density at radius 3 is 2.75 bits per heavy atom. The molecule has 5 nitrogen and oxygen atoms in total. The number of carbonyl (C=O) groups is 1. The van der Waals surface area contributed by atoms with E-state index in [4.69, 9.17) is 9.26 Å². The third-order valence-corrected chi connectivity index (χ3v) is 7.46. The minimum Gasteiger partial charge on any atom is -0.351 e. The monoisotopic (exact) mass is 267 g/mol. The van der Waals surface area contributed by atoms with Crippen molar-refractivity contribution in [3.8, 4) is 0 Å². The van der Waals surface area contributed by atoms with Crippen LogP contribution < -0.4 is 0 Å². The van der Waals surface area contributed by atoms with Crippen LogP contribution in [-0.4, -0.2) is 35.8 Å². The first-order valence-electron chi connectivity index (χ1n) is 5.35. The highest BCUT2D eigenvalue weighted by molar-refractivity contribution is 8.56. The summed E-state index contributed by atoms with van der Waals surface area (Å²) in [5.74, 6) is -0.257.